The molecule has 158 valence electrons. The number of hydrogen-bond donors (Lipinski definition) is 1. The number of aromatic nitrogens is 5. The standard InChI is InChI=1S/C19H18ClF3N6O/c1-11(29-15(12-6-7-12)8-16(26-29)19(21,22)23)17(30)25-18-24-10-28(27-18)9-13-4-2-3-5-14(13)20/h2-5,8,10-12H,6-7,9H2,1H3,(H,25,27,30). The van der Waals surface area contributed by atoms with E-state index in [1.165, 1.54) is 17.9 Å². The van der Waals surface area contributed by atoms with Crippen molar-refractivity contribution >= 4 is 23.5 Å². The number of amides is 1. The molecule has 4 rings (SSSR count). The van der Waals surface area contributed by atoms with Gasteiger partial charge in [-0.3, -0.25) is 14.8 Å². The minimum absolute atomic E-state index is 0.00296. The number of carbonyl (C=O) groups is 1. The van der Waals surface area contributed by atoms with Gasteiger partial charge in [0.1, 0.15) is 12.4 Å². The molecule has 3 aromatic rings. The van der Waals surface area contributed by atoms with E-state index in [9.17, 15) is 18.0 Å². The number of alkyl halides is 3. The second kappa shape index (κ2) is 7.75. The Morgan fingerprint density at radius 2 is 2.03 bits per heavy atom. The lowest BCUT2D eigenvalue weighted by molar-refractivity contribution is -0.141. The molecule has 2 aromatic heterocycles. The first kappa shape index (κ1) is 20.4. The molecule has 1 amide bonds. The highest BCUT2D eigenvalue weighted by molar-refractivity contribution is 6.31. The molecule has 0 saturated heterocycles. The Bertz CT molecular complexity index is 1070. The molecule has 1 aliphatic carbocycles. The van der Waals surface area contributed by atoms with Gasteiger partial charge < -0.3 is 0 Å². The summed E-state index contributed by atoms with van der Waals surface area (Å²) in [5.41, 5.74) is 0.258. The number of nitrogens with one attached hydrogen (secondary N) is 1. The molecule has 1 aromatic carbocycles. The van der Waals surface area contributed by atoms with Crippen molar-refractivity contribution in [3.8, 4) is 0 Å². The van der Waals surface area contributed by atoms with Gasteiger partial charge in [0.15, 0.2) is 5.69 Å². The summed E-state index contributed by atoms with van der Waals surface area (Å²) < 4.78 is 41.9. The van der Waals surface area contributed by atoms with E-state index in [-0.39, 0.29) is 11.9 Å². The van der Waals surface area contributed by atoms with Crippen molar-refractivity contribution in [2.75, 3.05) is 5.32 Å². The lowest BCUT2D eigenvalue weighted by atomic mass is 10.2. The maximum Gasteiger partial charge on any atom is 0.435 e. The molecule has 7 nitrogen and oxygen atoms in total. The Hall–Kier alpha value is -2.88. The summed E-state index contributed by atoms with van der Waals surface area (Å²) in [5, 5.41) is 10.9. The fraction of sp³-hybridized carbons (Fsp3) is 0.368. The third-order valence-electron chi connectivity index (χ3n) is 4.86. The number of nitrogens with zero attached hydrogens (tertiary/aromatic N) is 5. The largest absolute Gasteiger partial charge is 0.435 e. The zero-order valence-corrected chi connectivity index (χ0v) is 16.7. The van der Waals surface area contributed by atoms with E-state index < -0.39 is 23.8 Å². The number of rotatable bonds is 6. The van der Waals surface area contributed by atoms with Crippen LogP contribution in [0, 0.1) is 0 Å². The minimum Gasteiger partial charge on any atom is -0.291 e. The molecule has 0 aliphatic heterocycles. The van der Waals surface area contributed by atoms with Gasteiger partial charge in [0, 0.05) is 16.6 Å². The van der Waals surface area contributed by atoms with Crippen LogP contribution in [-0.4, -0.2) is 30.5 Å². The molecule has 2 heterocycles. The number of hydrogen-bond acceptors (Lipinski definition) is 4. The molecule has 1 saturated carbocycles. The molecule has 1 atom stereocenters. The lowest BCUT2D eigenvalue weighted by Gasteiger charge is -2.14. The monoisotopic (exact) mass is 438 g/mol. The lowest BCUT2D eigenvalue weighted by Crippen LogP contribution is -2.26. The van der Waals surface area contributed by atoms with E-state index in [4.69, 9.17) is 11.6 Å². The number of carbonyl (C=O) groups excluding carboxylic acids is 1. The molecule has 1 fully saturated rings. The minimum atomic E-state index is -4.57. The Kier molecular flexibility index (Phi) is 5.27. The van der Waals surface area contributed by atoms with Crippen molar-refractivity contribution in [3.63, 3.8) is 0 Å². The predicted octanol–water partition coefficient (Wildman–Crippen LogP) is 4.27. The summed E-state index contributed by atoms with van der Waals surface area (Å²) in [4.78, 5) is 16.7. The maximum atomic E-state index is 13.1. The van der Waals surface area contributed by atoms with Crippen LogP contribution in [0.25, 0.3) is 0 Å². The van der Waals surface area contributed by atoms with Crippen LogP contribution in [0.3, 0.4) is 0 Å². The second-order valence-electron chi connectivity index (χ2n) is 7.19. The van der Waals surface area contributed by atoms with E-state index in [0.29, 0.717) is 17.3 Å². The average Bonchev–Trinajstić information content (AvgIpc) is 3.27. The van der Waals surface area contributed by atoms with Gasteiger partial charge in [-0.05, 0) is 37.5 Å². The first-order valence-electron chi connectivity index (χ1n) is 9.32. The number of benzene rings is 1. The van der Waals surface area contributed by atoms with Gasteiger partial charge in [0.25, 0.3) is 5.91 Å². The van der Waals surface area contributed by atoms with Gasteiger partial charge in [-0.25, -0.2) is 9.67 Å². The summed E-state index contributed by atoms with van der Waals surface area (Å²) in [6.45, 7) is 1.85. The molecule has 1 aliphatic rings. The zero-order chi connectivity index (χ0) is 21.5. The van der Waals surface area contributed by atoms with Gasteiger partial charge >= 0.3 is 6.18 Å². The fourth-order valence-electron chi connectivity index (χ4n) is 3.10. The van der Waals surface area contributed by atoms with Crippen molar-refractivity contribution in [2.24, 2.45) is 0 Å². The van der Waals surface area contributed by atoms with E-state index in [1.807, 2.05) is 18.2 Å². The highest BCUT2D eigenvalue weighted by atomic mass is 35.5. The summed E-state index contributed by atoms with van der Waals surface area (Å²) in [7, 11) is 0. The van der Waals surface area contributed by atoms with Crippen LogP contribution in [0.2, 0.25) is 5.02 Å². The summed E-state index contributed by atoms with van der Waals surface area (Å²) in [6, 6.07) is 7.34. The van der Waals surface area contributed by atoms with Crippen LogP contribution in [0.1, 0.15) is 48.7 Å². The fourth-order valence-corrected chi connectivity index (χ4v) is 3.29. The summed E-state index contributed by atoms with van der Waals surface area (Å²) in [5.74, 6) is -0.504. The number of anilines is 1. The van der Waals surface area contributed by atoms with Crippen LogP contribution in [-0.2, 0) is 17.5 Å². The number of halogens is 4. The molecule has 1 N–H and O–H groups in total. The van der Waals surface area contributed by atoms with E-state index >= 15 is 0 Å². The molecular weight excluding hydrogens is 421 g/mol. The van der Waals surface area contributed by atoms with Crippen LogP contribution in [0.4, 0.5) is 19.1 Å². The van der Waals surface area contributed by atoms with Gasteiger partial charge in [-0.2, -0.15) is 18.3 Å². The SMILES string of the molecule is CC(C(=O)Nc1ncn(Cc2ccccc2Cl)n1)n1nc(C(F)(F)F)cc1C1CC1. The highest BCUT2D eigenvalue weighted by Gasteiger charge is 2.39. The quantitative estimate of drug-likeness (QED) is 0.623. The molecule has 30 heavy (non-hydrogen) atoms. The van der Waals surface area contributed by atoms with Gasteiger partial charge in [-0.15, -0.1) is 5.10 Å². The third kappa shape index (κ3) is 4.33. The maximum absolute atomic E-state index is 13.1. The van der Waals surface area contributed by atoms with E-state index in [0.717, 1.165) is 29.2 Å². The van der Waals surface area contributed by atoms with Crippen LogP contribution in [0.5, 0.6) is 0 Å². The first-order valence-corrected chi connectivity index (χ1v) is 9.70. The smallest absolute Gasteiger partial charge is 0.291 e. The van der Waals surface area contributed by atoms with Crippen molar-refractivity contribution in [1.29, 1.82) is 0 Å². The molecule has 0 radical (unpaired) electrons. The van der Waals surface area contributed by atoms with E-state index in [2.05, 4.69) is 20.5 Å². The molecule has 0 spiro atoms. The first-order chi connectivity index (χ1) is 14.2. The van der Waals surface area contributed by atoms with Crippen molar-refractivity contribution in [2.45, 2.75) is 44.4 Å². The topological polar surface area (TPSA) is 77.6 Å². The second-order valence-corrected chi connectivity index (χ2v) is 7.60. The van der Waals surface area contributed by atoms with Crippen molar-refractivity contribution in [1.82, 2.24) is 24.5 Å². The van der Waals surface area contributed by atoms with E-state index in [1.54, 1.807) is 6.07 Å². The molecule has 11 heteroatoms. The van der Waals surface area contributed by atoms with Gasteiger partial charge in [-0.1, -0.05) is 29.8 Å². The van der Waals surface area contributed by atoms with Crippen LogP contribution >= 0.6 is 11.6 Å². The molecule has 0 bridgehead atoms. The van der Waals surface area contributed by atoms with Gasteiger partial charge in [0.2, 0.25) is 5.95 Å². The van der Waals surface area contributed by atoms with Crippen molar-refractivity contribution in [3.05, 3.63) is 58.6 Å². The highest BCUT2D eigenvalue weighted by Crippen LogP contribution is 2.43. The van der Waals surface area contributed by atoms with Crippen LogP contribution in [0.15, 0.2) is 36.7 Å². The Balaban J connectivity index is 1.48. The van der Waals surface area contributed by atoms with Gasteiger partial charge in [0.05, 0.1) is 6.54 Å². The van der Waals surface area contributed by atoms with Crippen LogP contribution < -0.4 is 5.32 Å². The third-order valence-corrected chi connectivity index (χ3v) is 5.23. The Morgan fingerprint density at radius 3 is 2.70 bits per heavy atom. The normalized spacial score (nSPS) is 15.2. The molecule has 1 unspecified atom stereocenters. The Morgan fingerprint density at radius 1 is 1.30 bits per heavy atom. The van der Waals surface area contributed by atoms with Crippen molar-refractivity contribution < 1.29 is 18.0 Å². The summed E-state index contributed by atoms with van der Waals surface area (Å²) >= 11 is 6.13. The Labute approximate surface area is 174 Å². The predicted molar refractivity (Wildman–Crippen MR) is 103 cm³/mol. The average molecular weight is 439 g/mol. The molecular formula is C19H18ClF3N6O. The zero-order valence-electron chi connectivity index (χ0n) is 15.9. The summed E-state index contributed by atoms with van der Waals surface area (Å²) in [6.07, 6.45) is -1.56.